The second kappa shape index (κ2) is 13.0. The van der Waals surface area contributed by atoms with Gasteiger partial charge in [0.15, 0.2) is 5.96 Å². The Morgan fingerprint density at radius 1 is 1.16 bits per heavy atom. The van der Waals surface area contributed by atoms with Gasteiger partial charge in [-0.15, -0.1) is 0 Å². The highest BCUT2D eigenvalue weighted by Gasteiger charge is 2.15. The fraction of sp³-hybridized carbons (Fsp3) is 0.895. The number of carbonyl (C=O) groups excluding carboxylic acids is 1. The molecule has 1 saturated carbocycles. The Morgan fingerprint density at radius 2 is 1.84 bits per heavy atom. The molecule has 0 aromatic heterocycles. The van der Waals surface area contributed by atoms with Crippen LogP contribution in [0, 0.1) is 0 Å². The number of nitrogens with zero attached hydrogens (tertiary/aromatic N) is 3. The Balaban J connectivity index is 2.37. The Morgan fingerprint density at radius 3 is 2.44 bits per heavy atom. The van der Waals surface area contributed by atoms with Crippen LogP contribution in [0.15, 0.2) is 4.99 Å². The highest BCUT2D eigenvalue weighted by molar-refractivity contribution is 5.86. The summed E-state index contributed by atoms with van der Waals surface area (Å²) in [7, 11) is 1.92. The molecule has 0 saturated heterocycles. The van der Waals surface area contributed by atoms with Crippen LogP contribution < -0.4 is 5.32 Å². The molecule has 1 amide bonds. The number of aliphatic imine (C=N–C) groups is 1. The lowest BCUT2D eigenvalue weighted by Crippen LogP contribution is -2.45. The predicted molar refractivity (Wildman–Crippen MR) is 104 cm³/mol. The summed E-state index contributed by atoms with van der Waals surface area (Å²) < 4.78 is 5.95. The number of hydrogen-bond donors (Lipinski definition) is 1. The molecule has 0 aliphatic heterocycles. The van der Waals surface area contributed by atoms with Crippen LogP contribution in [0.2, 0.25) is 0 Å². The van der Waals surface area contributed by atoms with Crippen LogP contribution in [-0.4, -0.2) is 74.1 Å². The lowest BCUT2D eigenvalue weighted by Gasteiger charge is -2.25. The molecule has 1 aliphatic carbocycles. The van der Waals surface area contributed by atoms with E-state index >= 15 is 0 Å². The highest BCUT2D eigenvalue weighted by Crippen LogP contribution is 2.20. The molecule has 1 fully saturated rings. The lowest BCUT2D eigenvalue weighted by atomic mass is 9.98. The van der Waals surface area contributed by atoms with E-state index in [1.165, 1.54) is 32.1 Å². The van der Waals surface area contributed by atoms with Crippen molar-refractivity contribution in [3.05, 3.63) is 0 Å². The smallest absolute Gasteiger partial charge is 0.242 e. The number of hydrogen-bond acceptors (Lipinski definition) is 3. The van der Waals surface area contributed by atoms with Gasteiger partial charge < -0.3 is 19.9 Å². The SMILES string of the molecule is CCNC(=NCCCOC1CCCCC1)N(C)CC(=O)N(CC)CC. The van der Waals surface area contributed by atoms with Crippen LogP contribution in [0.3, 0.4) is 0 Å². The van der Waals surface area contributed by atoms with Gasteiger partial charge in [-0.2, -0.15) is 0 Å². The minimum atomic E-state index is 0.138. The van der Waals surface area contributed by atoms with Crippen LogP contribution in [0.1, 0.15) is 59.3 Å². The van der Waals surface area contributed by atoms with Crippen molar-refractivity contribution in [2.45, 2.75) is 65.4 Å². The van der Waals surface area contributed by atoms with Crippen molar-refractivity contribution in [3.8, 4) is 0 Å². The number of guanidine groups is 1. The van der Waals surface area contributed by atoms with Crippen LogP contribution in [0.25, 0.3) is 0 Å². The summed E-state index contributed by atoms with van der Waals surface area (Å²) in [5.74, 6) is 0.930. The molecule has 0 aromatic rings. The van der Waals surface area contributed by atoms with Gasteiger partial charge in [-0.05, 0) is 40.0 Å². The molecule has 6 heteroatoms. The van der Waals surface area contributed by atoms with Gasteiger partial charge in [0.1, 0.15) is 0 Å². The van der Waals surface area contributed by atoms with Crippen molar-refractivity contribution in [2.24, 2.45) is 4.99 Å². The van der Waals surface area contributed by atoms with Crippen molar-refractivity contribution in [2.75, 3.05) is 46.4 Å². The number of amides is 1. The third-order valence-corrected chi connectivity index (χ3v) is 4.65. The van der Waals surface area contributed by atoms with Crippen molar-refractivity contribution >= 4 is 11.9 Å². The second-order valence-electron chi connectivity index (χ2n) is 6.64. The van der Waals surface area contributed by atoms with Gasteiger partial charge in [0.2, 0.25) is 5.91 Å². The maximum absolute atomic E-state index is 12.3. The fourth-order valence-corrected chi connectivity index (χ4v) is 3.16. The summed E-state index contributed by atoms with van der Waals surface area (Å²) in [5.41, 5.74) is 0. The first-order chi connectivity index (χ1) is 12.1. The van der Waals surface area contributed by atoms with Crippen LogP contribution >= 0.6 is 0 Å². The Labute approximate surface area is 154 Å². The maximum Gasteiger partial charge on any atom is 0.242 e. The Hall–Kier alpha value is -1.30. The van der Waals surface area contributed by atoms with E-state index in [1.54, 1.807) is 0 Å². The average Bonchev–Trinajstić information content (AvgIpc) is 2.62. The van der Waals surface area contributed by atoms with E-state index < -0.39 is 0 Å². The van der Waals surface area contributed by atoms with E-state index in [-0.39, 0.29) is 5.91 Å². The molecule has 1 N–H and O–H groups in total. The van der Waals surface area contributed by atoms with Gasteiger partial charge in [-0.1, -0.05) is 19.3 Å². The van der Waals surface area contributed by atoms with E-state index in [0.717, 1.165) is 45.2 Å². The van der Waals surface area contributed by atoms with Gasteiger partial charge in [0, 0.05) is 39.8 Å². The molecule has 0 atom stereocenters. The van der Waals surface area contributed by atoms with Crippen LogP contribution in [-0.2, 0) is 9.53 Å². The standard InChI is InChI=1S/C19H38N4O2/c1-5-20-19(22(4)16-18(24)23(6-2)7-3)21-14-11-15-25-17-12-9-8-10-13-17/h17H,5-16H2,1-4H3,(H,20,21). The zero-order chi connectivity index (χ0) is 18.5. The topological polar surface area (TPSA) is 57.2 Å². The number of carbonyl (C=O) groups is 1. The summed E-state index contributed by atoms with van der Waals surface area (Å²) in [4.78, 5) is 20.7. The normalized spacial score (nSPS) is 15.9. The summed E-state index contributed by atoms with van der Waals surface area (Å²) in [6, 6.07) is 0. The van der Waals surface area contributed by atoms with Gasteiger partial charge in [-0.3, -0.25) is 9.79 Å². The molecule has 0 unspecified atom stereocenters. The number of nitrogens with one attached hydrogen (secondary N) is 1. The zero-order valence-electron chi connectivity index (χ0n) is 16.7. The number of likely N-dealkylation sites (N-methyl/N-ethyl adjacent to an activating group) is 2. The molecule has 6 nitrogen and oxygen atoms in total. The van der Waals surface area contributed by atoms with Crippen molar-refractivity contribution in [1.82, 2.24) is 15.1 Å². The third-order valence-electron chi connectivity index (χ3n) is 4.65. The minimum absolute atomic E-state index is 0.138. The Kier molecular flexibility index (Phi) is 11.3. The first kappa shape index (κ1) is 21.7. The van der Waals surface area contributed by atoms with Crippen LogP contribution in [0.5, 0.6) is 0 Å². The monoisotopic (exact) mass is 354 g/mol. The summed E-state index contributed by atoms with van der Waals surface area (Å²) in [5, 5.41) is 3.27. The molecule has 0 spiro atoms. The van der Waals surface area contributed by atoms with E-state index in [0.29, 0.717) is 12.6 Å². The summed E-state index contributed by atoms with van der Waals surface area (Å²) >= 11 is 0. The second-order valence-corrected chi connectivity index (χ2v) is 6.64. The molecule has 0 heterocycles. The van der Waals surface area contributed by atoms with Gasteiger partial charge >= 0.3 is 0 Å². The predicted octanol–water partition coefficient (Wildman–Crippen LogP) is 2.49. The third kappa shape index (κ3) is 8.56. The van der Waals surface area contributed by atoms with Crippen LogP contribution in [0.4, 0.5) is 0 Å². The molecular weight excluding hydrogens is 316 g/mol. The number of rotatable bonds is 10. The van der Waals surface area contributed by atoms with Crippen molar-refractivity contribution < 1.29 is 9.53 Å². The maximum atomic E-state index is 12.3. The number of ether oxygens (including phenoxy) is 1. The van der Waals surface area contributed by atoms with Gasteiger partial charge in [-0.25, -0.2) is 0 Å². The Bertz CT molecular complexity index is 391. The molecule has 1 rings (SSSR count). The van der Waals surface area contributed by atoms with E-state index in [2.05, 4.69) is 10.3 Å². The molecule has 146 valence electrons. The largest absolute Gasteiger partial charge is 0.378 e. The molecular formula is C19H38N4O2. The average molecular weight is 355 g/mol. The van der Waals surface area contributed by atoms with Gasteiger partial charge in [0.25, 0.3) is 0 Å². The summed E-state index contributed by atoms with van der Waals surface area (Å²) in [6.45, 7) is 10.2. The zero-order valence-corrected chi connectivity index (χ0v) is 16.7. The molecule has 0 bridgehead atoms. The van der Waals surface area contributed by atoms with E-state index in [9.17, 15) is 4.79 Å². The van der Waals surface area contributed by atoms with Crippen molar-refractivity contribution in [3.63, 3.8) is 0 Å². The first-order valence-electron chi connectivity index (χ1n) is 10.0. The lowest BCUT2D eigenvalue weighted by molar-refractivity contribution is -0.131. The van der Waals surface area contributed by atoms with E-state index in [1.807, 2.05) is 37.6 Å². The minimum Gasteiger partial charge on any atom is -0.378 e. The highest BCUT2D eigenvalue weighted by atomic mass is 16.5. The quantitative estimate of drug-likeness (QED) is 0.372. The summed E-state index contributed by atoms with van der Waals surface area (Å²) in [6.07, 6.45) is 7.76. The molecule has 0 aromatic carbocycles. The molecule has 25 heavy (non-hydrogen) atoms. The van der Waals surface area contributed by atoms with Crippen molar-refractivity contribution in [1.29, 1.82) is 0 Å². The first-order valence-corrected chi connectivity index (χ1v) is 10.0. The fourth-order valence-electron chi connectivity index (χ4n) is 3.16. The van der Waals surface area contributed by atoms with E-state index in [4.69, 9.17) is 4.74 Å². The molecule has 1 aliphatic rings. The van der Waals surface area contributed by atoms with Gasteiger partial charge in [0.05, 0.1) is 12.6 Å². The molecule has 0 radical (unpaired) electrons.